The summed E-state index contributed by atoms with van der Waals surface area (Å²) in [6.45, 7) is 3.23. The van der Waals surface area contributed by atoms with E-state index in [1.165, 1.54) is 0 Å². The number of nitrogens with zero attached hydrogens (tertiary/aromatic N) is 1. The first kappa shape index (κ1) is 21.2. The van der Waals surface area contributed by atoms with Crippen molar-refractivity contribution >= 4 is 0 Å². The minimum Gasteiger partial charge on any atom is -0.396 e. The number of piperidine rings is 1. The van der Waals surface area contributed by atoms with Gasteiger partial charge < -0.3 is 35.0 Å². The van der Waals surface area contributed by atoms with Crippen molar-refractivity contribution in [1.29, 1.82) is 0 Å². The summed E-state index contributed by atoms with van der Waals surface area (Å²) in [5.41, 5.74) is -4.55. The second kappa shape index (κ2) is 6.21. The first-order valence-corrected chi connectivity index (χ1v) is 11.9. The molecule has 1 saturated heterocycles. The molecule has 7 bridgehead atoms. The van der Waals surface area contributed by atoms with Crippen molar-refractivity contribution in [3.63, 3.8) is 0 Å². The molecular formula is C23H37NO7. The molecule has 0 aromatic heterocycles. The van der Waals surface area contributed by atoms with Crippen LogP contribution < -0.4 is 0 Å². The molecule has 176 valence electrons. The fraction of sp³-hybridized carbons (Fsp3) is 1.00. The monoisotopic (exact) mass is 439 g/mol. The van der Waals surface area contributed by atoms with Gasteiger partial charge in [0, 0.05) is 55.8 Å². The summed E-state index contributed by atoms with van der Waals surface area (Å²) in [5.74, 6) is -1.15. The minimum absolute atomic E-state index is 0.0478. The van der Waals surface area contributed by atoms with E-state index in [0.717, 1.165) is 0 Å². The van der Waals surface area contributed by atoms with Gasteiger partial charge in [0.15, 0.2) is 0 Å². The highest BCUT2D eigenvalue weighted by Crippen LogP contribution is 2.80. The largest absolute Gasteiger partial charge is 0.396 e. The zero-order valence-corrected chi connectivity index (χ0v) is 18.6. The molecule has 0 aromatic carbocycles. The Bertz CT molecular complexity index is 783. The van der Waals surface area contributed by atoms with Crippen LogP contribution in [-0.2, 0) is 9.47 Å². The molecule has 0 aromatic rings. The predicted octanol–water partition coefficient (Wildman–Crippen LogP) is -1.04. The first-order chi connectivity index (χ1) is 14.7. The number of rotatable bonds is 4. The maximum Gasteiger partial charge on any atom is 0.136 e. The molecule has 0 amide bonds. The molecule has 1 spiro atoms. The molecule has 13 atom stereocenters. The van der Waals surface area contributed by atoms with Gasteiger partial charge in [0.25, 0.3) is 0 Å². The molecule has 6 rings (SSSR count). The lowest BCUT2D eigenvalue weighted by Gasteiger charge is -2.69. The Kier molecular flexibility index (Phi) is 4.26. The molecule has 1 heterocycles. The van der Waals surface area contributed by atoms with Crippen LogP contribution in [0.5, 0.6) is 0 Å². The van der Waals surface area contributed by atoms with E-state index in [4.69, 9.17) is 9.47 Å². The first-order valence-electron chi connectivity index (χ1n) is 11.9. The van der Waals surface area contributed by atoms with Gasteiger partial charge in [0.2, 0.25) is 0 Å². The summed E-state index contributed by atoms with van der Waals surface area (Å²) in [4.78, 5) is 2.18. The van der Waals surface area contributed by atoms with E-state index < -0.39 is 52.3 Å². The molecule has 0 radical (unpaired) electrons. The average molecular weight is 440 g/mol. The van der Waals surface area contributed by atoms with Crippen molar-refractivity contribution in [1.82, 2.24) is 4.90 Å². The van der Waals surface area contributed by atoms with E-state index in [1.54, 1.807) is 14.2 Å². The molecule has 6 fully saturated rings. The molecule has 1 aliphatic heterocycles. The summed E-state index contributed by atoms with van der Waals surface area (Å²) in [7, 11) is 3.16. The fourth-order valence-electron chi connectivity index (χ4n) is 10.4. The highest BCUT2D eigenvalue weighted by Gasteiger charge is 2.91. The van der Waals surface area contributed by atoms with Crippen LogP contribution in [0.2, 0.25) is 0 Å². The quantitative estimate of drug-likeness (QED) is 0.377. The minimum atomic E-state index is -1.68. The van der Waals surface area contributed by atoms with Crippen LogP contribution in [0.4, 0.5) is 0 Å². The van der Waals surface area contributed by atoms with E-state index >= 15 is 0 Å². The van der Waals surface area contributed by atoms with Crippen LogP contribution in [0.25, 0.3) is 0 Å². The van der Waals surface area contributed by atoms with Crippen LogP contribution in [0, 0.1) is 34.5 Å². The van der Waals surface area contributed by atoms with Crippen molar-refractivity contribution in [2.24, 2.45) is 34.5 Å². The van der Waals surface area contributed by atoms with Crippen molar-refractivity contribution in [3.05, 3.63) is 0 Å². The Labute approximate surface area is 183 Å². The van der Waals surface area contributed by atoms with Gasteiger partial charge in [-0.2, -0.15) is 0 Å². The Morgan fingerprint density at radius 1 is 1.13 bits per heavy atom. The molecule has 8 nitrogen and oxygen atoms in total. The second-order valence-corrected chi connectivity index (χ2v) is 11.4. The second-order valence-electron chi connectivity index (χ2n) is 11.4. The molecule has 31 heavy (non-hydrogen) atoms. The summed E-state index contributed by atoms with van der Waals surface area (Å²) in [6.07, 6.45) is -0.520. The van der Waals surface area contributed by atoms with Crippen molar-refractivity contribution < 1.29 is 35.0 Å². The molecule has 5 N–H and O–H groups in total. The van der Waals surface area contributed by atoms with Crippen molar-refractivity contribution in [2.45, 2.75) is 74.3 Å². The summed E-state index contributed by atoms with van der Waals surface area (Å²) >= 11 is 0. The number of hydrogen-bond acceptors (Lipinski definition) is 8. The van der Waals surface area contributed by atoms with Crippen LogP contribution >= 0.6 is 0 Å². The lowest BCUT2D eigenvalue weighted by Crippen LogP contribution is -2.81. The zero-order valence-electron chi connectivity index (χ0n) is 18.6. The Balaban J connectivity index is 1.68. The van der Waals surface area contributed by atoms with E-state index in [-0.39, 0.29) is 36.9 Å². The number of ether oxygens (including phenoxy) is 2. The lowest BCUT2D eigenvalue weighted by molar-refractivity contribution is -0.317. The van der Waals surface area contributed by atoms with Crippen molar-refractivity contribution in [3.8, 4) is 0 Å². The highest BCUT2D eigenvalue weighted by atomic mass is 16.5. The molecule has 5 saturated carbocycles. The number of fused-ring (bicyclic) bond motifs is 2. The van der Waals surface area contributed by atoms with Gasteiger partial charge in [-0.25, -0.2) is 0 Å². The maximum atomic E-state index is 12.7. The number of hydrogen-bond donors (Lipinski definition) is 5. The Morgan fingerprint density at radius 2 is 1.87 bits per heavy atom. The van der Waals surface area contributed by atoms with Gasteiger partial charge in [-0.05, 0) is 31.7 Å². The van der Waals surface area contributed by atoms with E-state index in [2.05, 4.69) is 4.90 Å². The molecule has 6 aliphatic rings. The zero-order chi connectivity index (χ0) is 22.1. The van der Waals surface area contributed by atoms with Gasteiger partial charge in [-0.15, -0.1) is 0 Å². The third-order valence-corrected chi connectivity index (χ3v) is 11.1. The number of methoxy groups -OCH3 is 2. The van der Waals surface area contributed by atoms with Crippen LogP contribution in [0.15, 0.2) is 0 Å². The lowest BCUT2D eigenvalue weighted by atomic mass is 9.42. The SMILES string of the molecule is CCN1C[C@]2(CO)CC[C@H](O)[C@@]34[C@@H]5C[C@H]6[C@H](O)[C@@H]5[C@](O)(C[C@@H]6OC)[C@@](O)([C@H](OC)[C@H]23)[C@@H]14. The summed E-state index contributed by atoms with van der Waals surface area (Å²) in [6, 6.07) is -0.497. The van der Waals surface area contributed by atoms with Gasteiger partial charge >= 0.3 is 0 Å². The van der Waals surface area contributed by atoms with Gasteiger partial charge in [-0.1, -0.05) is 6.92 Å². The van der Waals surface area contributed by atoms with Crippen LogP contribution in [0.1, 0.15) is 32.6 Å². The fourth-order valence-corrected chi connectivity index (χ4v) is 10.4. The standard InChI is InChI=1S/C23H37NO7/c1-4-24-9-20(10-25)6-5-14(26)22-12-7-11-13(30-2)8-21(28,15(12)16(11)27)23(29,19(22)24)18(31-3)17(20)22/h11-19,25-29H,4-10H2,1-3H3/t11-,12-,13+,14+,15-,16+,17-,18-,19+,20+,21-,22+,23-/m1/s1. The van der Waals surface area contributed by atoms with Gasteiger partial charge in [0.1, 0.15) is 11.2 Å². The number of aliphatic hydroxyl groups excluding tert-OH is 3. The predicted molar refractivity (Wildman–Crippen MR) is 109 cm³/mol. The van der Waals surface area contributed by atoms with E-state index in [0.29, 0.717) is 32.4 Å². The van der Waals surface area contributed by atoms with Crippen LogP contribution in [0.3, 0.4) is 0 Å². The maximum absolute atomic E-state index is 12.7. The van der Waals surface area contributed by atoms with Gasteiger partial charge in [0.05, 0.1) is 37.1 Å². The van der Waals surface area contributed by atoms with E-state index in [9.17, 15) is 25.5 Å². The number of likely N-dealkylation sites (N-methyl/N-ethyl adjacent to an activating group) is 1. The molecule has 0 unspecified atom stereocenters. The molecule has 8 heteroatoms. The van der Waals surface area contributed by atoms with E-state index in [1.807, 2.05) is 6.92 Å². The summed E-state index contributed by atoms with van der Waals surface area (Å²) < 4.78 is 11.8. The summed E-state index contributed by atoms with van der Waals surface area (Å²) in [5, 5.41) is 58.9. The van der Waals surface area contributed by atoms with Gasteiger partial charge in [-0.3, -0.25) is 4.90 Å². The molecule has 5 aliphatic carbocycles. The molecular weight excluding hydrogens is 402 g/mol. The van der Waals surface area contributed by atoms with Crippen LogP contribution in [-0.4, -0.2) is 106 Å². The third kappa shape index (κ3) is 1.89. The number of likely N-dealkylation sites (tertiary alicyclic amines) is 1. The smallest absolute Gasteiger partial charge is 0.136 e. The van der Waals surface area contributed by atoms with Crippen molar-refractivity contribution in [2.75, 3.05) is 33.9 Å². The average Bonchev–Trinajstić information content (AvgIpc) is 3.13. The Morgan fingerprint density at radius 3 is 2.48 bits per heavy atom. The normalized spacial score (nSPS) is 64.1. The topological polar surface area (TPSA) is 123 Å². The number of aliphatic hydroxyl groups is 5. The third-order valence-electron chi connectivity index (χ3n) is 11.1. The Hall–Kier alpha value is -0.320. The highest BCUT2D eigenvalue weighted by molar-refractivity contribution is 5.41.